The number of carbonyl (C=O) groups is 1. The van der Waals surface area contributed by atoms with Gasteiger partial charge in [-0.3, -0.25) is 9.69 Å². The summed E-state index contributed by atoms with van der Waals surface area (Å²) in [7, 11) is 1.30. The number of fused-ring (bicyclic) bond motifs is 1. The average Bonchev–Trinajstić information content (AvgIpc) is 3.30. The first-order chi connectivity index (χ1) is 18.6. The van der Waals surface area contributed by atoms with Crippen molar-refractivity contribution in [3.8, 4) is 17.0 Å². The molecule has 0 aliphatic carbocycles. The highest BCUT2D eigenvalue weighted by Gasteiger charge is 2.38. The molecular formula is C26H25F4N7O2. The van der Waals surface area contributed by atoms with Gasteiger partial charge in [-0.15, -0.1) is 0 Å². The van der Waals surface area contributed by atoms with Crippen molar-refractivity contribution in [1.29, 1.82) is 0 Å². The van der Waals surface area contributed by atoms with E-state index in [9.17, 15) is 22.4 Å². The highest BCUT2D eigenvalue weighted by Crippen LogP contribution is 2.44. The predicted octanol–water partition coefficient (Wildman–Crippen LogP) is 4.85. The lowest BCUT2D eigenvalue weighted by molar-refractivity contribution is -0.137. The molecule has 2 aromatic heterocycles. The van der Waals surface area contributed by atoms with Crippen LogP contribution in [0.2, 0.25) is 0 Å². The molecule has 9 nitrogen and oxygen atoms in total. The predicted molar refractivity (Wildman–Crippen MR) is 137 cm³/mol. The number of hydrogen-bond donors (Lipinski definition) is 2. The molecule has 0 unspecified atom stereocenters. The molecule has 5 rings (SSSR count). The number of hydrogen-bond acceptors (Lipinski definition) is 7. The van der Waals surface area contributed by atoms with E-state index in [1.165, 1.54) is 25.6 Å². The van der Waals surface area contributed by atoms with Gasteiger partial charge in [0.1, 0.15) is 29.4 Å². The molecule has 0 bridgehead atoms. The molecule has 1 aliphatic heterocycles. The van der Waals surface area contributed by atoms with Crippen LogP contribution in [0.3, 0.4) is 0 Å². The van der Waals surface area contributed by atoms with Crippen molar-refractivity contribution < 1.29 is 27.1 Å². The van der Waals surface area contributed by atoms with Crippen LogP contribution in [-0.4, -0.2) is 45.9 Å². The van der Waals surface area contributed by atoms with Gasteiger partial charge in [-0.1, -0.05) is 12.1 Å². The Morgan fingerprint density at radius 3 is 2.59 bits per heavy atom. The third-order valence-electron chi connectivity index (χ3n) is 6.70. The Morgan fingerprint density at radius 2 is 1.92 bits per heavy atom. The number of ether oxygens (including phenoxy) is 1. The van der Waals surface area contributed by atoms with Crippen LogP contribution in [0.25, 0.3) is 22.3 Å². The molecule has 0 radical (unpaired) electrons. The minimum Gasteiger partial charge on any atom is -0.495 e. The van der Waals surface area contributed by atoms with Crippen molar-refractivity contribution >= 4 is 34.1 Å². The Morgan fingerprint density at radius 1 is 1.18 bits per heavy atom. The number of alkyl halides is 3. The van der Waals surface area contributed by atoms with E-state index in [4.69, 9.17) is 15.6 Å². The van der Waals surface area contributed by atoms with Crippen LogP contribution >= 0.6 is 0 Å². The summed E-state index contributed by atoms with van der Waals surface area (Å²) in [5, 5.41) is 8.64. The van der Waals surface area contributed by atoms with Gasteiger partial charge in [-0.05, 0) is 50.2 Å². The fourth-order valence-corrected chi connectivity index (χ4v) is 4.93. The molecule has 1 aliphatic rings. The summed E-state index contributed by atoms with van der Waals surface area (Å²) in [6.45, 7) is 2.69. The Balaban J connectivity index is 1.67. The average molecular weight is 544 g/mol. The monoisotopic (exact) mass is 543 g/mol. The van der Waals surface area contributed by atoms with Gasteiger partial charge in [0.05, 0.1) is 35.5 Å². The topological polar surface area (TPSA) is 111 Å². The lowest BCUT2D eigenvalue weighted by Gasteiger charge is -2.27. The third-order valence-corrected chi connectivity index (χ3v) is 6.70. The number of amides is 1. The van der Waals surface area contributed by atoms with Gasteiger partial charge >= 0.3 is 6.18 Å². The lowest BCUT2D eigenvalue weighted by atomic mass is 10.1. The molecule has 0 spiro atoms. The smallest absolute Gasteiger partial charge is 0.418 e. The van der Waals surface area contributed by atoms with Crippen LogP contribution in [-0.2, 0) is 11.0 Å². The Hall–Kier alpha value is -4.26. The van der Waals surface area contributed by atoms with Crippen molar-refractivity contribution in [2.75, 3.05) is 30.8 Å². The van der Waals surface area contributed by atoms with E-state index in [2.05, 4.69) is 15.3 Å². The lowest BCUT2D eigenvalue weighted by Crippen LogP contribution is -2.30. The second-order valence-electron chi connectivity index (χ2n) is 9.11. The number of nitrogens with one attached hydrogen (secondary N) is 1. The number of piperidine rings is 1. The zero-order chi connectivity index (χ0) is 27.9. The van der Waals surface area contributed by atoms with Crippen molar-refractivity contribution in [3.05, 3.63) is 54.1 Å². The molecule has 39 heavy (non-hydrogen) atoms. The molecule has 1 saturated heterocycles. The number of rotatable bonds is 5. The van der Waals surface area contributed by atoms with Gasteiger partial charge in [0.15, 0.2) is 5.65 Å². The molecule has 0 saturated carbocycles. The molecule has 4 aromatic rings. The van der Waals surface area contributed by atoms with Crippen molar-refractivity contribution in [2.24, 2.45) is 0 Å². The van der Waals surface area contributed by atoms with Crippen molar-refractivity contribution in [1.82, 2.24) is 25.1 Å². The number of anilines is 3. The first kappa shape index (κ1) is 26.4. The van der Waals surface area contributed by atoms with Crippen LogP contribution in [0, 0.1) is 5.82 Å². The number of methoxy groups -OCH3 is 1. The molecule has 1 fully saturated rings. The summed E-state index contributed by atoms with van der Waals surface area (Å²) >= 11 is 0. The summed E-state index contributed by atoms with van der Waals surface area (Å²) < 4.78 is 63.6. The normalized spacial score (nSPS) is 14.5. The number of aromatic nitrogens is 4. The molecule has 3 N–H and O–H groups in total. The summed E-state index contributed by atoms with van der Waals surface area (Å²) in [4.78, 5) is 21.9. The highest BCUT2D eigenvalue weighted by atomic mass is 19.4. The minimum absolute atomic E-state index is 0.0269. The SMILES string of the molecule is COc1cc(-c2nn(C3CCNCC3)c3ncnc(N)c23)ccc1N(C(C)=O)c1c(F)cccc1C(F)(F)F. The van der Waals surface area contributed by atoms with Crippen LogP contribution in [0.15, 0.2) is 42.7 Å². The third kappa shape index (κ3) is 4.73. The number of nitrogen functional groups attached to an aromatic ring is 1. The van der Waals surface area contributed by atoms with E-state index in [-0.39, 0.29) is 23.3 Å². The quantitative estimate of drug-likeness (QED) is 0.346. The van der Waals surface area contributed by atoms with E-state index < -0.39 is 29.2 Å². The second kappa shape index (κ2) is 10.1. The number of carbonyl (C=O) groups excluding carboxylic acids is 1. The molecule has 2 aromatic carbocycles. The molecule has 0 atom stereocenters. The Kier molecular flexibility index (Phi) is 6.85. The zero-order valence-corrected chi connectivity index (χ0v) is 21.1. The fraction of sp³-hybridized carbons (Fsp3) is 0.308. The molecule has 204 valence electrons. The van der Waals surface area contributed by atoms with Gasteiger partial charge in [-0.2, -0.15) is 18.3 Å². The first-order valence-electron chi connectivity index (χ1n) is 12.2. The van der Waals surface area contributed by atoms with Crippen LogP contribution in [0.5, 0.6) is 5.75 Å². The maximum absolute atomic E-state index is 14.9. The maximum Gasteiger partial charge on any atom is 0.418 e. The summed E-state index contributed by atoms with van der Waals surface area (Å²) in [6.07, 6.45) is -1.88. The summed E-state index contributed by atoms with van der Waals surface area (Å²) in [5.74, 6) is -1.80. The van der Waals surface area contributed by atoms with E-state index in [0.717, 1.165) is 51.1 Å². The van der Waals surface area contributed by atoms with Gasteiger partial charge in [0.2, 0.25) is 5.91 Å². The fourth-order valence-electron chi connectivity index (χ4n) is 4.93. The van der Waals surface area contributed by atoms with Crippen molar-refractivity contribution in [3.63, 3.8) is 0 Å². The van der Waals surface area contributed by atoms with Gasteiger partial charge in [0.25, 0.3) is 0 Å². The largest absolute Gasteiger partial charge is 0.495 e. The number of nitrogens with two attached hydrogens (primary N) is 1. The van der Waals surface area contributed by atoms with Gasteiger partial charge < -0.3 is 15.8 Å². The number of nitrogens with zero attached hydrogens (tertiary/aromatic N) is 5. The first-order valence-corrected chi connectivity index (χ1v) is 12.2. The van der Waals surface area contributed by atoms with Crippen molar-refractivity contribution in [2.45, 2.75) is 32.0 Å². The number of benzene rings is 2. The van der Waals surface area contributed by atoms with Gasteiger partial charge in [0, 0.05) is 12.5 Å². The van der Waals surface area contributed by atoms with E-state index in [1.807, 2.05) is 4.68 Å². The second-order valence-corrected chi connectivity index (χ2v) is 9.11. The van der Waals surface area contributed by atoms with E-state index in [0.29, 0.717) is 27.2 Å². The Labute approximate surface area is 220 Å². The minimum atomic E-state index is -4.91. The van der Waals surface area contributed by atoms with E-state index >= 15 is 0 Å². The number of para-hydroxylation sites is 1. The Bertz CT molecular complexity index is 1550. The molecule has 3 heterocycles. The molecular weight excluding hydrogens is 518 g/mol. The standard InChI is InChI=1S/C26H25F4N7O2/c1-14(38)36(23-17(26(28,29)30)4-3-5-18(23)27)19-7-6-15(12-20(19)39-2)22-21-24(31)33-13-34-25(21)37(35-22)16-8-10-32-11-9-16/h3-7,12-13,16,32H,8-11H2,1-2H3,(H2,31,33,34). The maximum atomic E-state index is 14.9. The highest BCUT2D eigenvalue weighted by molar-refractivity contribution is 6.03. The summed E-state index contributed by atoms with van der Waals surface area (Å²) in [6, 6.07) is 7.06. The van der Waals surface area contributed by atoms with Crippen LogP contribution in [0.1, 0.15) is 31.4 Å². The molecule has 13 heteroatoms. The summed E-state index contributed by atoms with van der Waals surface area (Å²) in [5.41, 5.74) is 5.45. The number of halogens is 4. The van der Waals surface area contributed by atoms with Crippen LogP contribution < -0.4 is 20.7 Å². The zero-order valence-electron chi connectivity index (χ0n) is 21.1. The van der Waals surface area contributed by atoms with Crippen LogP contribution in [0.4, 0.5) is 34.8 Å². The van der Waals surface area contributed by atoms with Gasteiger partial charge in [-0.25, -0.2) is 19.0 Å². The van der Waals surface area contributed by atoms with E-state index in [1.54, 1.807) is 6.07 Å². The molecule has 1 amide bonds.